The second kappa shape index (κ2) is 12.5. The van der Waals surface area contributed by atoms with E-state index in [0.29, 0.717) is 0 Å². The van der Waals surface area contributed by atoms with Gasteiger partial charge in [0.05, 0.1) is 5.69 Å². The van der Waals surface area contributed by atoms with Gasteiger partial charge >= 0.3 is 0 Å². The molecule has 9 aromatic carbocycles. The lowest BCUT2D eigenvalue weighted by Gasteiger charge is -2.28. The van der Waals surface area contributed by atoms with Crippen LogP contribution in [0.5, 0.6) is 0 Å². The van der Waals surface area contributed by atoms with Crippen LogP contribution in [0.15, 0.2) is 205 Å². The van der Waals surface area contributed by atoms with Crippen molar-refractivity contribution < 1.29 is 4.42 Å². The van der Waals surface area contributed by atoms with Crippen molar-refractivity contribution in [2.75, 3.05) is 4.90 Å². The number of hydrogen-bond donors (Lipinski definition) is 0. The van der Waals surface area contributed by atoms with Gasteiger partial charge in [0.1, 0.15) is 11.2 Å². The molecule has 52 heavy (non-hydrogen) atoms. The van der Waals surface area contributed by atoms with Gasteiger partial charge in [0.15, 0.2) is 0 Å². The van der Waals surface area contributed by atoms with E-state index in [4.69, 9.17) is 4.42 Å². The lowest BCUT2D eigenvalue weighted by Crippen LogP contribution is -2.11. The molecule has 0 bridgehead atoms. The molecule has 0 unspecified atom stereocenters. The summed E-state index contributed by atoms with van der Waals surface area (Å²) in [5.41, 5.74) is 12.0. The van der Waals surface area contributed by atoms with Crippen molar-refractivity contribution in [3.05, 3.63) is 200 Å². The van der Waals surface area contributed by atoms with E-state index >= 15 is 0 Å². The Morgan fingerprint density at radius 2 is 0.827 bits per heavy atom. The zero-order valence-electron chi connectivity index (χ0n) is 28.4. The molecule has 0 fully saturated rings. The molecule has 0 saturated carbocycles. The van der Waals surface area contributed by atoms with E-state index in [1.807, 2.05) is 12.1 Å². The van der Waals surface area contributed by atoms with Crippen LogP contribution in [0.3, 0.4) is 0 Å². The number of nitrogens with zero attached hydrogens (tertiary/aromatic N) is 1. The first-order valence-corrected chi connectivity index (χ1v) is 17.8. The first-order chi connectivity index (χ1) is 25.8. The van der Waals surface area contributed by atoms with Crippen molar-refractivity contribution in [3.8, 4) is 33.4 Å². The van der Waals surface area contributed by atoms with Gasteiger partial charge in [-0.25, -0.2) is 0 Å². The molecule has 0 aliphatic carbocycles. The van der Waals surface area contributed by atoms with Gasteiger partial charge in [0.25, 0.3) is 0 Å². The Kier molecular flexibility index (Phi) is 7.18. The maximum Gasteiger partial charge on any atom is 0.137 e. The number of anilines is 3. The summed E-state index contributed by atoms with van der Waals surface area (Å²) < 4.78 is 6.51. The van der Waals surface area contributed by atoms with E-state index in [1.54, 1.807) is 0 Å². The Hall–Kier alpha value is -6.90. The quantitative estimate of drug-likeness (QED) is 0.165. The van der Waals surface area contributed by atoms with Crippen LogP contribution in [-0.4, -0.2) is 0 Å². The van der Waals surface area contributed by atoms with Gasteiger partial charge in [-0.3, -0.25) is 0 Å². The van der Waals surface area contributed by atoms with Gasteiger partial charge in [-0.05, 0) is 91.8 Å². The van der Waals surface area contributed by atoms with E-state index in [1.165, 1.54) is 43.8 Å². The molecule has 1 aromatic heterocycles. The molecular weight excluding hydrogens is 631 g/mol. The summed E-state index contributed by atoms with van der Waals surface area (Å²) in [7, 11) is 0. The highest BCUT2D eigenvalue weighted by Crippen LogP contribution is 2.46. The Morgan fingerprint density at radius 3 is 1.54 bits per heavy atom. The van der Waals surface area contributed by atoms with Crippen LogP contribution >= 0.6 is 0 Å². The second-order valence-corrected chi connectivity index (χ2v) is 13.3. The third-order valence-corrected chi connectivity index (χ3v) is 10.3. The molecule has 0 saturated heterocycles. The molecule has 2 heteroatoms. The maximum absolute atomic E-state index is 6.51. The summed E-state index contributed by atoms with van der Waals surface area (Å²) in [6.07, 6.45) is 0. The van der Waals surface area contributed by atoms with Gasteiger partial charge in [0, 0.05) is 33.8 Å². The Labute approximate surface area is 302 Å². The Balaban J connectivity index is 1.18. The molecule has 0 radical (unpaired) electrons. The van der Waals surface area contributed by atoms with Gasteiger partial charge < -0.3 is 9.32 Å². The summed E-state index contributed by atoms with van der Waals surface area (Å²) >= 11 is 0. The number of hydrogen-bond acceptors (Lipinski definition) is 2. The van der Waals surface area contributed by atoms with Crippen LogP contribution in [0.4, 0.5) is 17.1 Å². The van der Waals surface area contributed by atoms with Gasteiger partial charge in [-0.2, -0.15) is 0 Å². The maximum atomic E-state index is 6.51. The summed E-state index contributed by atoms with van der Waals surface area (Å²) in [6, 6.07) is 71.7. The molecule has 0 aliphatic heterocycles. The minimum absolute atomic E-state index is 0.862. The first-order valence-electron chi connectivity index (χ1n) is 17.8. The predicted molar refractivity (Wildman–Crippen MR) is 220 cm³/mol. The van der Waals surface area contributed by atoms with Crippen molar-refractivity contribution in [1.82, 2.24) is 0 Å². The van der Waals surface area contributed by atoms with Crippen LogP contribution in [0.25, 0.3) is 76.9 Å². The highest BCUT2D eigenvalue weighted by Gasteiger charge is 2.21. The van der Waals surface area contributed by atoms with Crippen molar-refractivity contribution in [2.24, 2.45) is 0 Å². The summed E-state index contributed by atoms with van der Waals surface area (Å²) in [4.78, 5) is 2.37. The van der Waals surface area contributed by atoms with E-state index in [-0.39, 0.29) is 0 Å². The van der Waals surface area contributed by atoms with Crippen LogP contribution in [-0.2, 0) is 0 Å². The van der Waals surface area contributed by atoms with Crippen LogP contribution < -0.4 is 4.90 Å². The summed E-state index contributed by atoms with van der Waals surface area (Å²) in [6.45, 7) is 0. The highest BCUT2D eigenvalue weighted by molar-refractivity contribution is 6.14. The van der Waals surface area contributed by atoms with Crippen LogP contribution in [0.2, 0.25) is 0 Å². The fraction of sp³-hybridized carbons (Fsp3) is 0. The van der Waals surface area contributed by atoms with Crippen molar-refractivity contribution in [2.45, 2.75) is 0 Å². The highest BCUT2D eigenvalue weighted by atomic mass is 16.3. The molecule has 0 amide bonds. The predicted octanol–water partition coefficient (Wildman–Crippen LogP) is 14.4. The molecular formula is C50H33NO. The largest absolute Gasteiger partial charge is 0.456 e. The van der Waals surface area contributed by atoms with Gasteiger partial charge in [-0.1, -0.05) is 152 Å². The molecule has 0 aliphatic rings. The SMILES string of the molecule is c1ccc(-c2ccc(N(c3ccc(-c4cc5ccccc5c5ccccc45)cc3)c3cc4oc5ccccc5c4cc3-c3ccccc3)cc2)cc1. The Morgan fingerprint density at radius 1 is 0.308 bits per heavy atom. The smallest absolute Gasteiger partial charge is 0.137 e. The van der Waals surface area contributed by atoms with Gasteiger partial charge in [0.2, 0.25) is 0 Å². The van der Waals surface area contributed by atoms with Crippen molar-refractivity contribution in [1.29, 1.82) is 0 Å². The van der Waals surface area contributed by atoms with E-state index < -0.39 is 0 Å². The molecule has 244 valence electrons. The number of fused-ring (bicyclic) bond motifs is 6. The van der Waals surface area contributed by atoms with Gasteiger partial charge in [-0.15, -0.1) is 0 Å². The number of benzene rings is 9. The first kappa shape index (κ1) is 30.0. The normalized spacial score (nSPS) is 11.5. The standard InChI is InChI=1S/C50H33NO/c1-3-13-34(14-4-1)35-23-27-39(28-24-35)51(48-33-50-47(44-21-11-12-22-49(44)52-50)32-46(48)36-15-5-2-6-16-36)40-29-25-37(26-30-40)45-31-38-17-7-8-18-41(38)42-19-9-10-20-43(42)45/h1-33H. The molecule has 10 aromatic rings. The van der Waals surface area contributed by atoms with Crippen molar-refractivity contribution >= 4 is 60.5 Å². The molecule has 0 N–H and O–H groups in total. The summed E-state index contributed by atoms with van der Waals surface area (Å²) in [5.74, 6) is 0. The molecule has 0 atom stereocenters. The lowest BCUT2D eigenvalue weighted by molar-refractivity contribution is 0.669. The average Bonchev–Trinajstić information content (AvgIpc) is 3.59. The zero-order chi connectivity index (χ0) is 34.4. The summed E-state index contributed by atoms with van der Waals surface area (Å²) in [5, 5.41) is 7.27. The minimum atomic E-state index is 0.862. The molecule has 1 heterocycles. The number of para-hydroxylation sites is 1. The third-order valence-electron chi connectivity index (χ3n) is 10.3. The molecule has 2 nitrogen and oxygen atoms in total. The van der Waals surface area contributed by atoms with E-state index in [2.05, 4.69) is 193 Å². The fourth-order valence-electron chi connectivity index (χ4n) is 7.74. The second-order valence-electron chi connectivity index (χ2n) is 13.3. The van der Waals surface area contributed by atoms with E-state index in [0.717, 1.165) is 50.1 Å². The van der Waals surface area contributed by atoms with Crippen LogP contribution in [0.1, 0.15) is 0 Å². The van der Waals surface area contributed by atoms with Crippen LogP contribution in [0, 0.1) is 0 Å². The average molecular weight is 664 g/mol. The number of furan rings is 1. The topological polar surface area (TPSA) is 16.4 Å². The third kappa shape index (κ3) is 5.12. The van der Waals surface area contributed by atoms with E-state index in [9.17, 15) is 0 Å². The molecule has 0 spiro atoms. The zero-order valence-corrected chi connectivity index (χ0v) is 28.4. The number of rotatable bonds is 6. The minimum Gasteiger partial charge on any atom is -0.456 e. The molecule has 10 rings (SSSR count). The Bertz CT molecular complexity index is 2870. The lowest BCUT2D eigenvalue weighted by atomic mass is 9.93. The monoisotopic (exact) mass is 663 g/mol. The van der Waals surface area contributed by atoms with Crippen molar-refractivity contribution in [3.63, 3.8) is 0 Å². The fourth-order valence-corrected chi connectivity index (χ4v) is 7.74.